The Morgan fingerprint density at radius 3 is 2.37 bits per heavy atom. The molecule has 1 fully saturated rings. The molecule has 2 aliphatic heterocycles. The van der Waals surface area contributed by atoms with E-state index in [0.717, 1.165) is 17.8 Å². The molecule has 6 heteroatoms. The van der Waals surface area contributed by atoms with Gasteiger partial charge in [-0.1, -0.05) is 54.6 Å². The maximum Gasteiger partial charge on any atom is 0.410 e. The lowest BCUT2D eigenvalue weighted by Gasteiger charge is -2.44. The molecular weight excluding hydrogens is 438 g/mol. The number of benzene rings is 2. The third kappa shape index (κ3) is 3.88. The van der Waals surface area contributed by atoms with Crippen molar-refractivity contribution in [3.8, 4) is 11.1 Å². The molecule has 2 unspecified atom stereocenters. The molecule has 0 N–H and O–H groups in total. The maximum absolute atomic E-state index is 13.4. The van der Waals surface area contributed by atoms with Gasteiger partial charge in [0.25, 0.3) is 0 Å². The van der Waals surface area contributed by atoms with Crippen LogP contribution < -0.4 is 4.90 Å². The fourth-order valence-corrected chi connectivity index (χ4v) is 5.60. The number of nitrogens with zero attached hydrogens (tertiary/aromatic N) is 3. The van der Waals surface area contributed by atoms with Crippen molar-refractivity contribution in [3.05, 3.63) is 89.6 Å². The molecule has 1 saturated heterocycles. The van der Waals surface area contributed by atoms with E-state index in [4.69, 9.17) is 9.47 Å². The zero-order chi connectivity index (χ0) is 23.9. The van der Waals surface area contributed by atoms with Crippen molar-refractivity contribution >= 4 is 17.5 Å². The number of amides is 1. The summed E-state index contributed by atoms with van der Waals surface area (Å²) in [5.41, 5.74) is 7.21. The second-order valence-corrected chi connectivity index (χ2v) is 9.67. The quantitative estimate of drug-likeness (QED) is 0.543. The number of anilines is 1. The molecule has 1 aliphatic carbocycles. The van der Waals surface area contributed by atoms with Crippen molar-refractivity contribution < 1.29 is 14.3 Å². The summed E-state index contributed by atoms with van der Waals surface area (Å²) in [6.07, 6.45) is 4.52. The van der Waals surface area contributed by atoms with Crippen LogP contribution in [0.1, 0.15) is 29.0 Å². The first-order valence-corrected chi connectivity index (χ1v) is 12.2. The van der Waals surface area contributed by atoms with Gasteiger partial charge in [-0.15, -0.1) is 0 Å². The summed E-state index contributed by atoms with van der Waals surface area (Å²) in [6.45, 7) is 1.32. The number of hydrogen-bond acceptors (Lipinski definition) is 5. The fourth-order valence-electron chi connectivity index (χ4n) is 5.60. The molecule has 35 heavy (non-hydrogen) atoms. The molecule has 0 saturated carbocycles. The summed E-state index contributed by atoms with van der Waals surface area (Å²) in [5.74, 6) is 0.980. The molecule has 3 aromatic rings. The normalized spacial score (nSPS) is 20.6. The van der Waals surface area contributed by atoms with Crippen LogP contribution in [-0.2, 0) is 9.47 Å². The Morgan fingerprint density at radius 2 is 1.74 bits per heavy atom. The van der Waals surface area contributed by atoms with Gasteiger partial charge in [0.15, 0.2) is 0 Å². The van der Waals surface area contributed by atoms with Gasteiger partial charge in [-0.25, -0.2) is 9.78 Å². The Morgan fingerprint density at radius 1 is 1.03 bits per heavy atom. The van der Waals surface area contributed by atoms with E-state index in [0.29, 0.717) is 19.8 Å². The molecule has 2 atom stereocenters. The molecule has 3 aliphatic rings. The molecular formula is C29H29N3O3. The molecule has 1 amide bonds. The van der Waals surface area contributed by atoms with Gasteiger partial charge in [-0.2, -0.15) is 0 Å². The monoisotopic (exact) mass is 467 g/mol. The standard InChI is InChI=1S/C29H29N3O3/c1-31(2)28-12-11-19(15-30-28)20-13-21-16-34-17-22(14-20)32(21)29(33)35-18-27-25-9-5-3-7-23(25)24-8-4-6-10-26(24)27/h3-13,15,21-22,27H,14,16-18H2,1-2H3. The molecule has 3 heterocycles. The fraction of sp³-hybridized carbons (Fsp3) is 0.310. The van der Waals surface area contributed by atoms with Gasteiger partial charge in [0, 0.05) is 26.2 Å². The maximum atomic E-state index is 13.4. The van der Waals surface area contributed by atoms with Crippen LogP contribution in [0.4, 0.5) is 10.6 Å². The summed E-state index contributed by atoms with van der Waals surface area (Å²) >= 11 is 0. The number of aromatic nitrogens is 1. The number of carbonyl (C=O) groups excluding carboxylic acids is 1. The summed E-state index contributed by atoms with van der Waals surface area (Å²) < 4.78 is 11.8. The Hall–Kier alpha value is -3.64. The second-order valence-electron chi connectivity index (χ2n) is 9.67. The van der Waals surface area contributed by atoms with Gasteiger partial charge in [0.1, 0.15) is 12.4 Å². The van der Waals surface area contributed by atoms with Gasteiger partial charge in [-0.05, 0) is 51.9 Å². The van der Waals surface area contributed by atoms with Crippen molar-refractivity contribution in [2.24, 2.45) is 0 Å². The van der Waals surface area contributed by atoms with Crippen molar-refractivity contribution in [2.75, 3.05) is 38.8 Å². The van der Waals surface area contributed by atoms with Crippen LogP contribution in [0.15, 0.2) is 72.9 Å². The van der Waals surface area contributed by atoms with E-state index in [2.05, 4.69) is 65.7 Å². The Labute approximate surface area is 205 Å². The zero-order valence-electron chi connectivity index (χ0n) is 20.1. The molecule has 2 aromatic carbocycles. The molecule has 0 radical (unpaired) electrons. The van der Waals surface area contributed by atoms with Crippen molar-refractivity contribution in [3.63, 3.8) is 0 Å². The lowest BCUT2D eigenvalue weighted by Crippen LogP contribution is -2.56. The summed E-state index contributed by atoms with van der Waals surface area (Å²) in [5, 5.41) is 0. The van der Waals surface area contributed by atoms with E-state index in [-0.39, 0.29) is 24.1 Å². The van der Waals surface area contributed by atoms with E-state index in [1.165, 1.54) is 27.8 Å². The Kier molecular flexibility index (Phi) is 5.53. The van der Waals surface area contributed by atoms with E-state index >= 15 is 0 Å². The van der Waals surface area contributed by atoms with Crippen LogP contribution in [0.3, 0.4) is 0 Å². The van der Waals surface area contributed by atoms with Crippen molar-refractivity contribution in [1.29, 1.82) is 0 Å². The topological polar surface area (TPSA) is 54.9 Å². The van der Waals surface area contributed by atoms with E-state index in [9.17, 15) is 4.79 Å². The Bertz CT molecular complexity index is 1240. The van der Waals surface area contributed by atoms with Crippen LogP contribution in [0.2, 0.25) is 0 Å². The largest absolute Gasteiger partial charge is 0.448 e. The summed E-state index contributed by atoms with van der Waals surface area (Å²) in [4.78, 5) is 21.8. The number of fused-ring (bicyclic) bond motifs is 5. The average Bonchev–Trinajstić information content (AvgIpc) is 3.20. The van der Waals surface area contributed by atoms with Crippen LogP contribution in [-0.4, -0.2) is 62.0 Å². The third-order valence-electron chi connectivity index (χ3n) is 7.32. The first-order chi connectivity index (χ1) is 17.1. The van der Waals surface area contributed by atoms with Crippen LogP contribution in [0.25, 0.3) is 16.7 Å². The number of hydrogen-bond donors (Lipinski definition) is 0. The lowest BCUT2D eigenvalue weighted by molar-refractivity contribution is -0.0331. The van der Waals surface area contributed by atoms with Crippen molar-refractivity contribution in [1.82, 2.24) is 9.88 Å². The number of morpholine rings is 1. The third-order valence-corrected chi connectivity index (χ3v) is 7.32. The first-order valence-electron chi connectivity index (χ1n) is 12.2. The number of ether oxygens (including phenoxy) is 2. The predicted molar refractivity (Wildman–Crippen MR) is 136 cm³/mol. The molecule has 6 nitrogen and oxygen atoms in total. The average molecular weight is 468 g/mol. The highest BCUT2D eigenvalue weighted by Gasteiger charge is 2.40. The van der Waals surface area contributed by atoms with E-state index < -0.39 is 0 Å². The Balaban J connectivity index is 1.20. The minimum atomic E-state index is -0.262. The van der Waals surface area contributed by atoms with Gasteiger partial charge < -0.3 is 14.4 Å². The lowest BCUT2D eigenvalue weighted by atomic mass is 9.91. The smallest absolute Gasteiger partial charge is 0.410 e. The van der Waals surface area contributed by atoms with Crippen molar-refractivity contribution in [2.45, 2.75) is 24.4 Å². The SMILES string of the molecule is CN(C)c1ccc(C2=CC3COCC(C2)N3C(=O)OCC2c3ccccc3-c3ccccc32)cn1. The summed E-state index contributed by atoms with van der Waals surface area (Å²) in [6, 6.07) is 20.8. The van der Waals surface area contributed by atoms with Crippen LogP contribution in [0.5, 0.6) is 0 Å². The van der Waals surface area contributed by atoms with Crippen LogP contribution in [0, 0.1) is 0 Å². The molecule has 178 valence electrons. The molecule has 1 aromatic heterocycles. The van der Waals surface area contributed by atoms with Gasteiger partial charge in [0.2, 0.25) is 0 Å². The van der Waals surface area contributed by atoms with E-state index in [1.807, 2.05) is 36.2 Å². The van der Waals surface area contributed by atoms with Crippen LogP contribution >= 0.6 is 0 Å². The number of carbonyl (C=O) groups is 1. The minimum absolute atomic E-state index is 0.0436. The summed E-state index contributed by atoms with van der Waals surface area (Å²) in [7, 11) is 3.96. The minimum Gasteiger partial charge on any atom is -0.448 e. The zero-order valence-corrected chi connectivity index (χ0v) is 20.1. The van der Waals surface area contributed by atoms with Gasteiger partial charge in [-0.3, -0.25) is 4.90 Å². The molecule has 6 rings (SSSR count). The molecule has 2 bridgehead atoms. The number of rotatable bonds is 4. The van der Waals surface area contributed by atoms with Gasteiger partial charge in [0.05, 0.1) is 25.3 Å². The van der Waals surface area contributed by atoms with Gasteiger partial charge >= 0.3 is 6.09 Å². The number of pyridine rings is 1. The second kappa shape index (κ2) is 8.86. The highest BCUT2D eigenvalue weighted by atomic mass is 16.6. The highest BCUT2D eigenvalue weighted by Crippen LogP contribution is 2.44. The predicted octanol–water partition coefficient (Wildman–Crippen LogP) is 4.95. The highest BCUT2D eigenvalue weighted by molar-refractivity contribution is 5.79. The van der Waals surface area contributed by atoms with E-state index in [1.54, 1.807) is 0 Å². The first kappa shape index (κ1) is 21.9. The molecule has 0 spiro atoms.